The molecule has 0 saturated heterocycles. The standard InChI is InChI=1S/C10H11N3O/c1-12-10-4-7(5-11)9(6-13-10)14-8-2-3-8/h4,6,8H,2-3H2,1H3,(H,12,13). The first-order valence-corrected chi connectivity index (χ1v) is 4.58. The number of hydrogen-bond acceptors (Lipinski definition) is 4. The Labute approximate surface area is 82.5 Å². The van der Waals surface area contributed by atoms with Gasteiger partial charge in [-0.3, -0.25) is 0 Å². The van der Waals surface area contributed by atoms with E-state index >= 15 is 0 Å². The minimum absolute atomic E-state index is 0.296. The Hall–Kier alpha value is -1.76. The van der Waals surface area contributed by atoms with Gasteiger partial charge in [0, 0.05) is 13.1 Å². The Morgan fingerprint density at radius 3 is 3.00 bits per heavy atom. The third-order valence-corrected chi connectivity index (χ3v) is 2.06. The number of rotatable bonds is 3. The highest BCUT2D eigenvalue weighted by Crippen LogP contribution is 2.29. The fourth-order valence-corrected chi connectivity index (χ4v) is 1.13. The van der Waals surface area contributed by atoms with Crippen molar-refractivity contribution in [2.24, 2.45) is 0 Å². The van der Waals surface area contributed by atoms with Crippen molar-refractivity contribution in [2.45, 2.75) is 18.9 Å². The van der Waals surface area contributed by atoms with Gasteiger partial charge in [0.1, 0.15) is 11.9 Å². The lowest BCUT2D eigenvalue weighted by molar-refractivity contribution is 0.301. The molecule has 1 aromatic rings. The molecule has 72 valence electrons. The van der Waals surface area contributed by atoms with Gasteiger partial charge >= 0.3 is 0 Å². The maximum absolute atomic E-state index is 8.89. The molecule has 1 heterocycles. The average molecular weight is 189 g/mol. The molecule has 0 atom stereocenters. The monoisotopic (exact) mass is 189 g/mol. The van der Waals surface area contributed by atoms with E-state index in [0.717, 1.165) is 12.8 Å². The van der Waals surface area contributed by atoms with Gasteiger partial charge in [0.05, 0.1) is 17.9 Å². The Morgan fingerprint density at radius 1 is 1.64 bits per heavy atom. The summed E-state index contributed by atoms with van der Waals surface area (Å²) in [5.74, 6) is 1.28. The summed E-state index contributed by atoms with van der Waals surface area (Å²) in [4.78, 5) is 4.10. The SMILES string of the molecule is CNc1cc(C#N)c(OC2CC2)cn1. The van der Waals surface area contributed by atoms with Crippen molar-refractivity contribution < 1.29 is 4.74 Å². The number of aromatic nitrogens is 1. The van der Waals surface area contributed by atoms with Crippen LogP contribution >= 0.6 is 0 Å². The number of ether oxygens (including phenoxy) is 1. The van der Waals surface area contributed by atoms with Gasteiger partial charge in [0.15, 0.2) is 5.75 Å². The van der Waals surface area contributed by atoms with E-state index < -0.39 is 0 Å². The number of anilines is 1. The van der Waals surface area contributed by atoms with E-state index in [1.807, 2.05) is 0 Å². The average Bonchev–Trinajstić information content (AvgIpc) is 3.02. The van der Waals surface area contributed by atoms with Crippen molar-refractivity contribution in [1.82, 2.24) is 4.98 Å². The summed E-state index contributed by atoms with van der Waals surface area (Å²) < 4.78 is 5.53. The lowest BCUT2D eigenvalue weighted by atomic mass is 10.2. The zero-order chi connectivity index (χ0) is 9.97. The molecular formula is C10H11N3O. The van der Waals surface area contributed by atoms with E-state index in [0.29, 0.717) is 23.2 Å². The normalized spacial score (nSPS) is 14.6. The summed E-state index contributed by atoms with van der Waals surface area (Å²) in [7, 11) is 1.77. The second-order valence-corrected chi connectivity index (χ2v) is 3.24. The van der Waals surface area contributed by atoms with Crippen molar-refractivity contribution >= 4 is 5.82 Å². The smallest absolute Gasteiger partial charge is 0.155 e. The van der Waals surface area contributed by atoms with Crippen LogP contribution < -0.4 is 10.1 Å². The molecule has 1 N–H and O–H groups in total. The topological polar surface area (TPSA) is 57.9 Å². The van der Waals surface area contributed by atoms with Crippen LogP contribution in [0.1, 0.15) is 18.4 Å². The van der Waals surface area contributed by atoms with E-state index in [1.54, 1.807) is 19.3 Å². The first-order chi connectivity index (χ1) is 6.83. The zero-order valence-corrected chi connectivity index (χ0v) is 7.95. The quantitative estimate of drug-likeness (QED) is 0.783. The molecule has 14 heavy (non-hydrogen) atoms. The number of pyridine rings is 1. The number of nitrogens with one attached hydrogen (secondary N) is 1. The third-order valence-electron chi connectivity index (χ3n) is 2.06. The number of nitriles is 1. The molecule has 0 unspecified atom stereocenters. The van der Waals surface area contributed by atoms with Crippen LogP contribution in [0.5, 0.6) is 5.75 Å². The maximum Gasteiger partial charge on any atom is 0.155 e. The van der Waals surface area contributed by atoms with Gasteiger partial charge in [-0.05, 0) is 12.8 Å². The highest BCUT2D eigenvalue weighted by Gasteiger charge is 2.24. The molecule has 0 radical (unpaired) electrons. The minimum atomic E-state index is 0.296. The van der Waals surface area contributed by atoms with Gasteiger partial charge in [-0.15, -0.1) is 0 Å². The van der Waals surface area contributed by atoms with Crippen molar-refractivity contribution in [2.75, 3.05) is 12.4 Å². The van der Waals surface area contributed by atoms with Crippen LogP contribution in [0.25, 0.3) is 0 Å². The number of hydrogen-bond donors (Lipinski definition) is 1. The van der Waals surface area contributed by atoms with Gasteiger partial charge in [0.25, 0.3) is 0 Å². The van der Waals surface area contributed by atoms with E-state index in [9.17, 15) is 0 Å². The van der Waals surface area contributed by atoms with Crippen molar-refractivity contribution in [3.05, 3.63) is 17.8 Å². The summed E-state index contributed by atoms with van der Waals surface area (Å²) in [5, 5.41) is 11.8. The fraction of sp³-hybridized carbons (Fsp3) is 0.400. The van der Waals surface area contributed by atoms with Crippen molar-refractivity contribution in [3.8, 4) is 11.8 Å². The third kappa shape index (κ3) is 1.77. The van der Waals surface area contributed by atoms with Gasteiger partial charge in [-0.1, -0.05) is 0 Å². The molecule has 1 aliphatic rings. The van der Waals surface area contributed by atoms with Crippen LogP contribution in [-0.2, 0) is 0 Å². The molecule has 2 rings (SSSR count). The van der Waals surface area contributed by atoms with Crippen LogP contribution in [0.15, 0.2) is 12.3 Å². The number of nitrogens with zero attached hydrogens (tertiary/aromatic N) is 2. The van der Waals surface area contributed by atoms with E-state index in [-0.39, 0.29) is 0 Å². The molecule has 4 nitrogen and oxygen atoms in total. The summed E-state index contributed by atoms with van der Waals surface area (Å²) in [6.45, 7) is 0. The Kier molecular flexibility index (Phi) is 2.23. The van der Waals surface area contributed by atoms with Crippen LogP contribution in [-0.4, -0.2) is 18.1 Å². The van der Waals surface area contributed by atoms with E-state index in [4.69, 9.17) is 10.00 Å². The minimum Gasteiger partial charge on any atom is -0.487 e. The van der Waals surface area contributed by atoms with Crippen molar-refractivity contribution in [3.63, 3.8) is 0 Å². The van der Waals surface area contributed by atoms with Crippen LogP contribution in [0, 0.1) is 11.3 Å². The van der Waals surface area contributed by atoms with E-state index in [1.165, 1.54) is 0 Å². The lowest BCUT2D eigenvalue weighted by Gasteiger charge is -2.06. The zero-order valence-electron chi connectivity index (χ0n) is 7.95. The second kappa shape index (κ2) is 3.54. The maximum atomic E-state index is 8.89. The summed E-state index contributed by atoms with van der Waals surface area (Å²) in [5.41, 5.74) is 0.538. The molecular weight excluding hydrogens is 178 g/mol. The fourth-order valence-electron chi connectivity index (χ4n) is 1.13. The molecule has 1 aliphatic carbocycles. The van der Waals surface area contributed by atoms with Gasteiger partial charge in [0.2, 0.25) is 0 Å². The molecule has 1 fully saturated rings. The van der Waals surface area contributed by atoms with Crippen LogP contribution in [0.4, 0.5) is 5.82 Å². The highest BCUT2D eigenvalue weighted by molar-refractivity contribution is 5.49. The lowest BCUT2D eigenvalue weighted by Crippen LogP contribution is -2.00. The molecule has 1 saturated carbocycles. The largest absolute Gasteiger partial charge is 0.487 e. The molecule has 0 spiro atoms. The summed E-state index contributed by atoms with van der Waals surface area (Å²) in [6, 6.07) is 3.79. The Morgan fingerprint density at radius 2 is 2.43 bits per heavy atom. The highest BCUT2D eigenvalue weighted by atomic mass is 16.5. The molecule has 0 aliphatic heterocycles. The summed E-state index contributed by atoms with van der Waals surface area (Å²) >= 11 is 0. The van der Waals surface area contributed by atoms with Crippen LogP contribution in [0.2, 0.25) is 0 Å². The predicted octanol–water partition coefficient (Wildman–Crippen LogP) is 1.54. The van der Waals surface area contributed by atoms with Gasteiger partial charge < -0.3 is 10.1 Å². The predicted molar refractivity (Wildman–Crippen MR) is 52.1 cm³/mol. The molecule has 0 bridgehead atoms. The van der Waals surface area contributed by atoms with Crippen LogP contribution in [0.3, 0.4) is 0 Å². The molecule has 0 amide bonds. The molecule has 4 heteroatoms. The van der Waals surface area contributed by atoms with Gasteiger partial charge in [-0.2, -0.15) is 5.26 Å². The molecule has 0 aromatic carbocycles. The Bertz CT molecular complexity index is 379. The Balaban J connectivity index is 2.25. The summed E-state index contributed by atoms with van der Waals surface area (Å²) in [6.07, 6.45) is 4.06. The first-order valence-electron chi connectivity index (χ1n) is 4.58. The second-order valence-electron chi connectivity index (χ2n) is 3.24. The molecule has 1 aromatic heterocycles. The van der Waals surface area contributed by atoms with Crippen molar-refractivity contribution in [1.29, 1.82) is 5.26 Å². The van der Waals surface area contributed by atoms with Gasteiger partial charge in [-0.25, -0.2) is 4.98 Å². The first kappa shape index (κ1) is 8.82. The van der Waals surface area contributed by atoms with E-state index in [2.05, 4.69) is 16.4 Å².